The van der Waals surface area contributed by atoms with Gasteiger partial charge in [-0.3, -0.25) is 10.1 Å². The second-order valence-corrected chi connectivity index (χ2v) is 4.76. The molecule has 3 N–H and O–H groups in total. The highest BCUT2D eigenvalue weighted by Gasteiger charge is 2.33. The summed E-state index contributed by atoms with van der Waals surface area (Å²) in [5.74, 6) is 0.0147. The number of carbonyl (C=O) groups excluding carboxylic acids is 1. The standard InChI is InChI=1S/C12H24N2O2/c1-3-13-11(16)10(2)14-12(9-15)7-5-4-6-8-12/h10,14-15H,3-9H2,1-2H3,(H,13,16). The molecule has 1 unspecified atom stereocenters. The van der Waals surface area contributed by atoms with E-state index >= 15 is 0 Å². The highest BCUT2D eigenvalue weighted by Crippen LogP contribution is 2.28. The number of aliphatic hydroxyl groups excluding tert-OH is 1. The molecule has 94 valence electrons. The van der Waals surface area contributed by atoms with Crippen molar-refractivity contribution < 1.29 is 9.90 Å². The van der Waals surface area contributed by atoms with Gasteiger partial charge in [0, 0.05) is 12.1 Å². The Morgan fingerprint density at radius 1 is 1.38 bits per heavy atom. The zero-order valence-corrected chi connectivity index (χ0v) is 10.4. The Morgan fingerprint density at radius 2 is 2.00 bits per heavy atom. The largest absolute Gasteiger partial charge is 0.394 e. The third-order valence-corrected chi connectivity index (χ3v) is 3.38. The SMILES string of the molecule is CCNC(=O)C(C)NC1(CO)CCCCC1. The van der Waals surface area contributed by atoms with Crippen molar-refractivity contribution in [1.82, 2.24) is 10.6 Å². The fourth-order valence-electron chi connectivity index (χ4n) is 2.43. The van der Waals surface area contributed by atoms with Gasteiger partial charge in [0.25, 0.3) is 0 Å². The van der Waals surface area contributed by atoms with Crippen LogP contribution in [0.25, 0.3) is 0 Å². The predicted molar refractivity (Wildman–Crippen MR) is 64.2 cm³/mol. The highest BCUT2D eigenvalue weighted by molar-refractivity contribution is 5.81. The molecular weight excluding hydrogens is 204 g/mol. The van der Waals surface area contributed by atoms with Gasteiger partial charge in [-0.2, -0.15) is 0 Å². The molecule has 0 radical (unpaired) electrons. The van der Waals surface area contributed by atoms with Crippen LogP contribution in [0.5, 0.6) is 0 Å². The Bertz CT molecular complexity index is 225. The molecule has 16 heavy (non-hydrogen) atoms. The summed E-state index contributed by atoms with van der Waals surface area (Å²) >= 11 is 0. The minimum atomic E-state index is -0.233. The van der Waals surface area contributed by atoms with Gasteiger partial charge in [0.05, 0.1) is 12.6 Å². The fraction of sp³-hybridized carbons (Fsp3) is 0.917. The van der Waals surface area contributed by atoms with E-state index in [0.717, 1.165) is 25.7 Å². The van der Waals surface area contributed by atoms with E-state index in [1.165, 1.54) is 6.42 Å². The number of amides is 1. The summed E-state index contributed by atoms with van der Waals surface area (Å²) in [6.07, 6.45) is 5.44. The summed E-state index contributed by atoms with van der Waals surface area (Å²) in [7, 11) is 0. The highest BCUT2D eigenvalue weighted by atomic mass is 16.3. The Hall–Kier alpha value is -0.610. The third kappa shape index (κ3) is 3.46. The topological polar surface area (TPSA) is 61.4 Å². The summed E-state index contributed by atoms with van der Waals surface area (Å²) in [5.41, 5.74) is -0.233. The van der Waals surface area contributed by atoms with E-state index in [0.29, 0.717) is 6.54 Å². The van der Waals surface area contributed by atoms with Gasteiger partial charge >= 0.3 is 0 Å². The van der Waals surface area contributed by atoms with Gasteiger partial charge in [-0.05, 0) is 26.7 Å². The van der Waals surface area contributed by atoms with Crippen LogP contribution < -0.4 is 10.6 Å². The van der Waals surface area contributed by atoms with Gasteiger partial charge in [0.2, 0.25) is 5.91 Å². The van der Waals surface area contributed by atoms with Crippen LogP contribution >= 0.6 is 0 Å². The summed E-state index contributed by atoms with van der Waals surface area (Å²) in [5, 5.41) is 15.6. The Labute approximate surface area is 97.8 Å². The van der Waals surface area contributed by atoms with Gasteiger partial charge in [0.1, 0.15) is 0 Å². The monoisotopic (exact) mass is 228 g/mol. The van der Waals surface area contributed by atoms with Crippen LogP contribution in [0.4, 0.5) is 0 Å². The summed E-state index contributed by atoms with van der Waals surface area (Å²) < 4.78 is 0. The lowest BCUT2D eigenvalue weighted by atomic mass is 9.82. The maximum atomic E-state index is 11.6. The van der Waals surface area contributed by atoms with E-state index in [4.69, 9.17) is 0 Å². The maximum Gasteiger partial charge on any atom is 0.236 e. The molecule has 0 aliphatic heterocycles. The Balaban J connectivity index is 2.51. The van der Waals surface area contributed by atoms with Crippen LogP contribution in [0.1, 0.15) is 46.0 Å². The first-order valence-electron chi connectivity index (χ1n) is 6.30. The lowest BCUT2D eigenvalue weighted by Gasteiger charge is -2.38. The van der Waals surface area contributed by atoms with Crippen molar-refractivity contribution in [2.45, 2.75) is 57.5 Å². The van der Waals surface area contributed by atoms with Crippen molar-refractivity contribution in [2.75, 3.05) is 13.2 Å². The van der Waals surface area contributed by atoms with Crippen LogP contribution in [0.2, 0.25) is 0 Å². The Morgan fingerprint density at radius 3 is 2.50 bits per heavy atom. The van der Waals surface area contributed by atoms with E-state index in [1.807, 2.05) is 13.8 Å². The first kappa shape index (κ1) is 13.5. The molecule has 0 saturated heterocycles. The smallest absolute Gasteiger partial charge is 0.236 e. The number of carbonyl (C=O) groups is 1. The molecule has 0 heterocycles. The molecule has 0 aromatic carbocycles. The molecule has 4 heteroatoms. The van der Waals surface area contributed by atoms with Crippen molar-refractivity contribution >= 4 is 5.91 Å². The van der Waals surface area contributed by atoms with Gasteiger partial charge in [0.15, 0.2) is 0 Å². The Kier molecular flexibility index (Phi) is 5.22. The quantitative estimate of drug-likeness (QED) is 0.652. The van der Waals surface area contributed by atoms with Crippen LogP contribution in [0.15, 0.2) is 0 Å². The van der Waals surface area contributed by atoms with Crippen LogP contribution in [-0.4, -0.2) is 35.7 Å². The van der Waals surface area contributed by atoms with Gasteiger partial charge < -0.3 is 10.4 Å². The number of hydrogen-bond acceptors (Lipinski definition) is 3. The molecular formula is C12H24N2O2. The normalized spacial score (nSPS) is 21.4. The molecule has 0 aromatic heterocycles. The van der Waals surface area contributed by atoms with Gasteiger partial charge in [-0.15, -0.1) is 0 Å². The number of aliphatic hydroxyl groups is 1. The van der Waals surface area contributed by atoms with Gasteiger partial charge in [-0.1, -0.05) is 19.3 Å². The maximum absolute atomic E-state index is 11.6. The molecule has 1 amide bonds. The molecule has 0 bridgehead atoms. The minimum Gasteiger partial charge on any atom is -0.394 e. The minimum absolute atomic E-state index is 0.0147. The fourth-order valence-corrected chi connectivity index (χ4v) is 2.43. The van der Waals surface area contributed by atoms with Crippen molar-refractivity contribution in [2.24, 2.45) is 0 Å². The number of hydrogen-bond donors (Lipinski definition) is 3. The summed E-state index contributed by atoms with van der Waals surface area (Å²) in [6.45, 7) is 4.54. The molecule has 1 atom stereocenters. The van der Waals surface area contributed by atoms with Crippen LogP contribution in [0.3, 0.4) is 0 Å². The molecule has 1 fully saturated rings. The lowest BCUT2D eigenvalue weighted by molar-refractivity contribution is -0.123. The average molecular weight is 228 g/mol. The molecule has 4 nitrogen and oxygen atoms in total. The number of nitrogens with one attached hydrogen (secondary N) is 2. The molecule has 1 aliphatic carbocycles. The second-order valence-electron chi connectivity index (χ2n) is 4.76. The third-order valence-electron chi connectivity index (χ3n) is 3.38. The van der Waals surface area contributed by atoms with Crippen molar-refractivity contribution in [3.05, 3.63) is 0 Å². The summed E-state index contributed by atoms with van der Waals surface area (Å²) in [6, 6.07) is -0.231. The predicted octanol–water partition coefficient (Wildman–Crippen LogP) is 0.796. The second kappa shape index (κ2) is 6.21. The molecule has 1 saturated carbocycles. The van der Waals surface area contributed by atoms with Crippen molar-refractivity contribution in [1.29, 1.82) is 0 Å². The zero-order chi connectivity index (χ0) is 12.0. The van der Waals surface area contributed by atoms with Crippen LogP contribution in [0, 0.1) is 0 Å². The molecule has 1 aliphatic rings. The van der Waals surface area contributed by atoms with E-state index in [-0.39, 0.29) is 24.1 Å². The van der Waals surface area contributed by atoms with Crippen molar-refractivity contribution in [3.8, 4) is 0 Å². The van der Waals surface area contributed by atoms with Crippen molar-refractivity contribution in [3.63, 3.8) is 0 Å². The van der Waals surface area contributed by atoms with Gasteiger partial charge in [-0.25, -0.2) is 0 Å². The zero-order valence-electron chi connectivity index (χ0n) is 10.4. The van der Waals surface area contributed by atoms with E-state index in [2.05, 4.69) is 10.6 Å². The molecule has 0 aromatic rings. The lowest BCUT2D eigenvalue weighted by Crippen LogP contribution is -2.57. The first-order valence-corrected chi connectivity index (χ1v) is 6.30. The number of likely N-dealkylation sites (N-methyl/N-ethyl adjacent to an activating group) is 1. The summed E-state index contributed by atoms with van der Waals surface area (Å²) in [4.78, 5) is 11.6. The average Bonchev–Trinajstić information content (AvgIpc) is 2.30. The van der Waals surface area contributed by atoms with E-state index in [9.17, 15) is 9.90 Å². The van der Waals surface area contributed by atoms with E-state index in [1.54, 1.807) is 0 Å². The van der Waals surface area contributed by atoms with Crippen LogP contribution in [-0.2, 0) is 4.79 Å². The first-order chi connectivity index (χ1) is 7.63. The van der Waals surface area contributed by atoms with E-state index < -0.39 is 0 Å². The molecule has 1 rings (SSSR count). The molecule has 0 spiro atoms. The number of rotatable bonds is 5.